The van der Waals surface area contributed by atoms with Crippen LogP contribution in [0.15, 0.2) is 130 Å². The highest BCUT2D eigenvalue weighted by molar-refractivity contribution is 6.05. The van der Waals surface area contributed by atoms with Gasteiger partial charge in [-0.15, -0.1) is 0 Å². The van der Waals surface area contributed by atoms with Crippen LogP contribution in [0.1, 0.15) is 224 Å². The molecule has 0 aromatic carbocycles. The maximum atomic E-state index is 12.6. The summed E-state index contributed by atoms with van der Waals surface area (Å²) in [5, 5.41) is 9.94. The Morgan fingerprint density at radius 1 is 0.371 bits per heavy atom. The highest BCUT2D eigenvalue weighted by Crippen LogP contribution is 2.71. The van der Waals surface area contributed by atoms with Crippen molar-refractivity contribution in [2.24, 2.45) is 114 Å². The minimum absolute atomic E-state index is 0.0391. The van der Waals surface area contributed by atoms with Crippen LogP contribution in [0.25, 0.3) is 0 Å². The molecule has 12 saturated carbocycles. The molecule has 10 nitrogen and oxygen atoms in total. The molecular formula is C87H112O10. The predicted octanol–water partition coefficient (Wildman–Crippen LogP) is 17.3. The van der Waals surface area contributed by atoms with Crippen LogP contribution in [0, 0.1) is 114 Å². The van der Waals surface area contributed by atoms with Gasteiger partial charge >= 0.3 is 0 Å². The average molecular weight is 1320 g/mol. The molecule has 0 aromatic heterocycles. The van der Waals surface area contributed by atoms with Crippen LogP contribution < -0.4 is 0 Å². The van der Waals surface area contributed by atoms with Gasteiger partial charge in [0.2, 0.25) is 0 Å². The van der Waals surface area contributed by atoms with Crippen LogP contribution in [-0.4, -0.2) is 71.2 Å². The van der Waals surface area contributed by atoms with Crippen molar-refractivity contribution in [3.05, 3.63) is 130 Å². The van der Waals surface area contributed by atoms with Gasteiger partial charge in [0.25, 0.3) is 0 Å². The molecule has 1 N–H and O–H groups in total. The first kappa shape index (κ1) is 69.9. The summed E-state index contributed by atoms with van der Waals surface area (Å²) < 4.78 is 5.74. The topological polar surface area (TPSA) is 166 Å². The number of hydrogen-bond acceptors (Lipinski definition) is 10. The zero-order valence-electron chi connectivity index (χ0n) is 60.7. The quantitative estimate of drug-likeness (QED) is 0.270. The van der Waals surface area contributed by atoms with Gasteiger partial charge in [0, 0.05) is 75.6 Å². The molecule has 0 heterocycles. The van der Waals surface area contributed by atoms with E-state index in [1.165, 1.54) is 28.7 Å². The molecule has 0 saturated heterocycles. The number of hydrogen-bond donors (Lipinski definition) is 1. The maximum absolute atomic E-state index is 12.6. The number of ether oxygens (including phenoxy) is 1. The summed E-state index contributed by atoms with van der Waals surface area (Å²) in [6.45, 7) is 38.4. The van der Waals surface area contributed by atoms with Crippen LogP contribution in [0.5, 0.6) is 0 Å². The fourth-order valence-electron chi connectivity index (χ4n) is 26.3. The number of aliphatic hydroxyl groups excluding tert-OH is 1. The lowest BCUT2D eigenvalue weighted by Crippen LogP contribution is -2.52. The summed E-state index contributed by atoms with van der Waals surface area (Å²) in [4.78, 5) is 98.7. The first-order valence-electron chi connectivity index (χ1n) is 38.1. The summed E-state index contributed by atoms with van der Waals surface area (Å²) in [6, 6.07) is 0. The van der Waals surface area contributed by atoms with E-state index in [4.69, 9.17) is 4.74 Å². The Hall–Kier alpha value is -5.58. The summed E-state index contributed by atoms with van der Waals surface area (Å²) in [7, 11) is 0. The number of Topliss-reactive ketones (excluding diaryl/α,β-unsaturated/α-hetero) is 4. The van der Waals surface area contributed by atoms with Crippen LogP contribution in [0.2, 0.25) is 0 Å². The molecule has 16 aliphatic carbocycles. The van der Waals surface area contributed by atoms with Gasteiger partial charge in [-0.25, -0.2) is 0 Å². The van der Waals surface area contributed by atoms with Crippen molar-refractivity contribution in [1.82, 2.24) is 0 Å². The second-order valence-corrected chi connectivity index (χ2v) is 35.1. The molecule has 0 unspecified atom stereocenters. The van der Waals surface area contributed by atoms with E-state index in [0.717, 1.165) is 174 Å². The smallest absolute Gasteiger partial charge is 0.179 e. The third kappa shape index (κ3) is 10.3. The lowest BCUT2D eigenvalue weighted by atomic mass is 9.46. The van der Waals surface area contributed by atoms with Gasteiger partial charge in [-0.2, -0.15) is 0 Å². The SMILES string of the molecule is C=C1C[C@@H]2[C@H](CC[C@]3(C)C(=O)CC[C@@H]23)[C@@]2(C)C(CC)=CC(=O)C=C12.C=C1C[C@@H]2[C@H](CC[C@]3(C)C(=O)CC[C@@H]23)[C@@]2(C)C(CO)=CC(=O)C=C12.C=C1C[C@@H]2[C@H](CC[C@]3(C)C(=O)CC[C@@H]23)[C@@]2(C)C(COCC)=CC(=O)C=C12.CCC1=CC(=O)C=C2CC[C@@H]3[C@H](CC[C@]4(C)C(=O)CC[C@@H]34)[C@@]12C. The van der Waals surface area contributed by atoms with Crippen molar-refractivity contribution >= 4 is 46.3 Å². The molecule has 0 radical (unpaired) electrons. The second kappa shape index (κ2) is 24.9. The zero-order valence-corrected chi connectivity index (χ0v) is 60.7. The van der Waals surface area contributed by atoms with E-state index in [2.05, 4.69) is 89.0 Å². The van der Waals surface area contributed by atoms with E-state index in [1.54, 1.807) is 18.2 Å². The minimum atomic E-state index is -0.310. The molecule has 0 spiro atoms. The molecule has 0 aliphatic heterocycles. The number of carbonyl (C=O) groups is 8. The first-order valence-corrected chi connectivity index (χ1v) is 38.1. The van der Waals surface area contributed by atoms with Crippen LogP contribution in [-0.2, 0) is 43.1 Å². The minimum Gasteiger partial charge on any atom is -0.392 e. The van der Waals surface area contributed by atoms with Gasteiger partial charge < -0.3 is 9.84 Å². The molecule has 12 fully saturated rings. The maximum Gasteiger partial charge on any atom is 0.179 e. The van der Waals surface area contributed by atoms with Gasteiger partial charge in [0.15, 0.2) is 23.1 Å². The number of carbonyl (C=O) groups excluding carboxylic acids is 8. The Morgan fingerprint density at radius 3 is 1.04 bits per heavy atom. The molecule has 20 atom stereocenters. The molecule has 0 aromatic rings. The summed E-state index contributed by atoms with van der Waals surface area (Å²) in [5.41, 5.74) is 11.5. The number of fused-ring (bicyclic) bond motifs is 20. The van der Waals surface area contributed by atoms with E-state index < -0.39 is 0 Å². The van der Waals surface area contributed by atoms with Gasteiger partial charge in [-0.05, 0) is 276 Å². The third-order valence-corrected chi connectivity index (χ3v) is 31.7. The highest BCUT2D eigenvalue weighted by atomic mass is 16.5. The van der Waals surface area contributed by atoms with Gasteiger partial charge in [0.05, 0.1) is 13.2 Å². The van der Waals surface area contributed by atoms with Crippen LogP contribution >= 0.6 is 0 Å². The largest absolute Gasteiger partial charge is 0.392 e. The Labute approximate surface area is 579 Å². The normalized spacial score (nSPS) is 44.1. The zero-order chi connectivity index (χ0) is 69.6. The number of allylic oxidation sites excluding steroid dienone is 17. The van der Waals surface area contributed by atoms with Crippen molar-refractivity contribution in [1.29, 1.82) is 0 Å². The standard InChI is InChI=1S/C23H30O3.C22H28O2.C21H26O3.C21H28O2/c1-5-26-13-15-11-16(24)12-20-14(2)10-17-18-6-7-21(25)22(18,3)9-8-19(17)23(15,20)4;1-5-14-11-15(23)12-19-13(2)10-16-17-6-7-20(24)21(17,3)9-8-18(16)22(14,19)4;1-12-8-15-16-4-5-19(24)20(16,2)7-6-17(15)21(3)13(11-22)9-14(23)10-18(12)21;1-4-13-11-15(22)12-14-5-6-16-17-7-8-19(23)20(17,2)10-9-18(16)21(13,14)3/h11-12,17-19H,2,5-10,13H2,1,3-4H3;11-12,16-18H,2,5-10H2,1,3-4H3;9-10,15-17,22H,1,4-8,11H2,2-3H3;11-12,16-18H,4-10H2,1-3H3/t17-,18-,19-,22-,23+;16-,17-,18-,21-,22+;15-,16-,17-,20-,21+;16-,17-,18-,20-,21-/m0000/s1. The summed E-state index contributed by atoms with van der Waals surface area (Å²) in [5.74, 6) is 8.23. The molecule has 520 valence electrons. The Bertz CT molecular complexity index is 3630. The molecule has 10 heteroatoms. The summed E-state index contributed by atoms with van der Waals surface area (Å²) in [6.07, 6.45) is 36.7. The number of ketones is 8. The third-order valence-electron chi connectivity index (χ3n) is 31.7. The van der Waals surface area contributed by atoms with Gasteiger partial charge in [0.1, 0.15) is 23.1 Å². The lowest BCUT2D eigenvalue weighted by molar-refractivity contribution is -0.132. The molecule has 16 rings (SSSR count). The Morgan fingerprint density at radius 2 is 0.680 bits per heavy atom. The fourth-order valence-corrected chi connectivity index (χ4v) is 26.3. The van der Waals surface area contributed by atoms with Crippen LogP contribution in [0.3, 0.4) is 0 Å². The predicted molar refractivity (Wildman–Crippen MR) is 380 cm³/mol. The monoisotopic (exact) mass is 1320 g/mol. The first-order chi connectivity index (χ1) is 45.9. The van der Waals surface area contributed by atoms with E-state index >= 15 is 0 Å². The second-order valence-electron chi connectivity index (χ2n) is 35.1. The average Bonchev–Trinajstić information content (AvgIpc) is 1.70. The van der Waals surface area contributed by atoms with E-state index in [-0.39, 0.29) is 73.1 Å². The van der Waals surface area contributed by atoms with E-state index in [0.29, 0.717) is 114 Å². The van der Waals surface area contributed by atoms with Gasteiger partial charge in [-0.3, -0.25) is 38.4 Å². The van der Waals surface area contributed by atoms with Crippen molar-refractivity contribution in [2.45, 2.75) is 224 Å². The molecular weight excluding hydrogens is 1200 g/mol. The Kier molecular flexibility index (Phi) is 17.9. The lowest BCUT2D eigenvalue weighted by Gasteiger charge is -2.57. The van der Waals surface area contributed by atoms with Gasteiger partial charge in [-0.1, -0.05) is 122 Å². The molecule has 0 amide bonds. The number of rotatable bonds is 6. The summed E-state index contributed by atoms with van der Waals surface area (Å²) >= 11 is 0. The van der Waals surface area contributed by atoms with Crippen molar-refractivity contribution in [2.75, 3.05) is 19.8 Å². The van der Waals surface area contributed by atoms with Crippen molar-refractivity contribution < 1.29 is 48.2 Å². The van der Waals surface area contributed by atoms with E-state index in [1.807, 2.05) is 37.3 Å². The fraction of sp³-hybridized carbons (Fsp3) is 0.655. The highest BCUT2D eigenvalue weighted by Gasteiger charge is 2.65. The van der Waals surface area contributed by atoms with E-state index in [9.17, 15) is 43.5 Å². The molecule has 16 aliphatic rings. The molecule has 97 heavy (non-hydrogen) atoms. The van der Waals surface area contributed by atoms with Crippen molar-refractivity contribution in [3.63, 3.8) is 0 Å². The molecule has 0 bridgehead atoms. The number of aliphatic hydroxyl groups is 1. The Balaban J connectivity index is 0.000000117. The van der Waals surface area contributed by atoms with Crippen LogP contribution in [0.4, 0.5) is 0 Å². The van der Waals surface area contributed by atoms with Crippen molar-refractivity contribution in [3.8, 4) is 0 Å².